The minimum absolute atomic E-state index is 0.100. The highest BCUT2D eigenvalue weighted by Gasteiger charge is 2.62. The van der Waals surface area contributed by atoms with Crippen molar-refractivity contribution in [2.24, 2.45) is 29.2 Å². The van der Waals surface area contributed by atoms with E-state index in [4.69, 9.17) is 0 Å². The zero-order valence-corrected chi connectivity index (χ0v) is 12.8. The lowest BCUT2D eigenvalue weighted by Gasteiger charge is -2.64. The van der Waals surface area contributed by atoms with Gasteiger partial charge in [0.25, 0.3) is 0 Å². The summed E-state index contributed by atoms with van der Waals surface area (Å²) >= 11 is 0. The zero-order valence-electron chi connectivity index (χ0n) is 12.8. The molecule has 1 heterocycles. The van der Waals surface area contributed by atoms with Crippen LogP contribution in [0.4, 0.5) is 0 Å². The Hall–Kier alpha value is -1.12. The molecule has 4 bridgehead atoms. The Morgan fingerprint density at radius 3 is 2.35 bits per heavy atom. The summed E-state index contributed by atoms with van der Waals surface area (Å²) in [5, 5.41) is 4.20. The molecule has 0 saturated heterocycles. The molecule has 3 nitrogen and oxygen atoms in total. The molecule has 4 aliphatic carbocycles. The topological polar surface area (TPSA) is 34.9 Å². The number of carbonyl (C=O) groups is 1. The maximum atomic E-state index is 13.2. The number of ketones is 1. The third-order valence-electron chi connectivity index (χ3n) is 6.16. The van der Waals surface area contributed by atoms with Crippen LogP contribution in [0.15, 0.2) is 12.3 Å². The van der Waals surface area contributed by atoms with Crippen molar-refractivity contribution < 1.29 is 4.79 Å². The number of Topliss-reactive ketones (excluding diaryl/α,β-unsaturated/α-hetero) is 1. The van der Waals surface area contributed by atoms with E-state index in [-0.39, 0.29) is 5.41 Å². The first-order valence-corrected chi connectivity index (χ1v) is 7.86. The Kier molecular flexibility index (Phi) is 2.24. The predicted octanol–water partition coefficient (Wildman–Crippen LogP) is 3.60. The first-order chi connectivity index (χ1) is 9.33. The highest BCUT2D eigenvalue weighted by atomic mass is 16.1. The van der Waals surface area contributed by atoms with Gasteiger partial charge in [-0.15, -0.1) is 0 Å². The first kappa shape index (κ1) is 12.6. The largest absolute Gasteiger partial charge is 0.292 e. The van der Waals surface area contributed by atoms with Gasteiger partial charge in [-0.05, 0) is 61.3 Å². The average molecular weight is 272 g/mol. The molecule has 108 valence electrons. The molecule has 0 amide bonds. The summed E-state index contributed by atoms with van der Waals surface area (Å²) in [6.07, 6.45) is 9.04. The van der Waals surface area contributed by atoms with Gasteiger partial charge >= 0.3 is 0 Å². The lowest BCUT2D eigenvalue weighted by Crippen LogP contribution is -2.57. The van der Waals surface area contributed by atoms with Crippen molar-refractivity contribution in [2.75, 3.05) is 0 Å². The van der Waals surface area contributed by atoms with E-state index in [1.807, 2.05) is 13.1 Å². The molecule has 0 aromatic carbocycles. The fourth-order valence-electron chi connectivity index (χ4n) is 6.57. The van der Waals surface area contributed by atoms with E-state index < -0.39 is 0 Å². The first-order valence-electron chi connectivity index (χ1n) is 7.86. The van der Waals surface area contributed by atoms with E-state index in [1.165, 1.54) is 19.3 Å². The van der Waals surface area contributed by atoms with Crippen molar-refractivity contribution in [1.82, 2.24) is 9.78 Å². The number of aryl methyl sites for hydroxylation is 1. The second-order valence-corrected chi connectivity index (χ2v) is 8.58. The van der Waals surface area contributed by atoms with Crippen LogP contribution in [0, 0.1) is 22.2 Å². The van der Waals surface area contributed by atoms with E-state index in [1.54, 1.807) is 10.9 Å². The van der Waals surface area contributed by atoms with Crippen LogP contribution < -0.4 is 0 Å². The Labute approximate surface area is 120 Å². The molecule has 4 aliphatic rings. The molecular formula is C17H24N2O. The highest BCUT2D eigenvalue weighted by Crippen LogP contribution is 2.70. The molecule has 5 rings (SSSR count). The van der Waals surface area contributed by atoms with E-state index in [9.17, 15) is 4.79 Å². The Balaban J connectivity index is 1.78. The Bertz CT molecular complexity index is 570. The third kappa shape index (κ3) is 1.58. The van der Waals surface area contributed by atoms with Gasteiger partial charge in [0.15, 0.2) is 5.78 Å². The zero-order chi connectivity index (χ0) is 14.2. The van der Waals surface area contributed by atoms with Crippen molar-refractivity contribution >= 4 is 5.78 Å². The van der Waals surface area contributed by atoms with Gasteiger partial charge < -0.3 is 0 Å². The summed E-state index contributed by atoms with van der Waals surface area (Å²) in [4.78, 5) is 13.2. The van der Waals surface area contributed by atoms with Crippen LogP contribution in [0.1, 0.15) is 62.9 Å². The molecule has 4 fully saturated rings. The second-order valence-electron chi connectivity index (χ2n) is 8.58. The normalized spacial score (nSPS) is 45.9. The lowest BCUT2D eigenvalue weighted by atomic mass is 9.39. The van der Waals surface area contributed by atoms with Gasteiger partial charge in [-0.3, -0.25) is 9.48 Å². The van der Waals surface area contributed by atoms with Gasteiger partial charge in [0.1, 0.15) is 5.69 Å². The van der Waals surface area contributed by atoms with Crippen molar-refractivity contribution in [3.05, 3.63) is 18.0 Å². The number of carbonyl (C=O) groups excluding carboxylic acids is 1. The van der Waals surface area contributed by atoms with Gasteiger partial charge in [0, 0.05) is 18.7 Å². The third-order valence-corrected chi connectivity index (χ3v) is 6.16. The number of rotatable bonds is 2. The summed E-state index contributed by atoms with van der Waals surface area (Å²) in [6.45, 7) is 4.84. The van der Waals surface area contributed by atoms with Crippen LogP contribution in [0.3, 0.4) is 0 Å². The molecule has 0 N–H and O–H groups in total. The quantitative estimate of drug-likeness (QED) is 0.771. The molecule has 2 unspecified atom stereocenters. The van der Waals surface area contributed by atoms with Gasteiger partial charge in [0.2, 0.25) is 0 Å². The summed E-state index contributed by atoms with van der Waals surface area (Å²) in [6, 6.07) is 1.89. The van der Waals surface area contributed by atoms with Crippen LogP contribution in [-0.2, 0) is 7.05 Å². The number of hydrogen-bond donors (Lipinski definition) is 0. The number of hydrogen-bond acceptors (Lipinski definition) is 2. The van der Waals surface area contributed by atoms with Gasteiger partial charge in [0.05, 0.1) is 0 Å². The fraction of sp³-hybridized carbons (Fsp3) is 0.765. The van der Waals surface area contributed by atoms with Gasteiger partial charge in [-0.25, -0.2) is 0 Å². The van der Waals surface area contributed by atoms with E-state index in [0.717, 1.165) is 30.9 Å². The van der Waals surface area contributed by atoms with Crippen LogP contribution in [0.5, 0.6) is 0 Å². The minimum Gasteiger partial charge on any atom is -0.292 e. The standard InChI is InChI=1S/C17H24N2O/c1-15-6-12-7-16(2,9-15)11-17(8-12,10-15)14(20)13-4-5-18-19(13)3/h4-5,12H,6-11H2,1-3H3. The molecule has 0 radical (unpaired) electrons. The second kappa shape index (κ2) is 3.55. The van der Waals surface area contributed by atoms with Crippen LogP contribution >= 0.6 is 0 Å². The molecule has 20 heavy (non-hydrogen) atoms. The Morgan fingerprint density at radius 2 is 1.85 bits per heavy atom. The molecule has 0 aliphatic heterocycles. The van der Waals surface area contributed by atoms with Crippen LogP contribution in [0.2, 0.25) is 0 Å². The average Bonchev–Trinajstić information content (AvgIpc) is 2.69. The fourth-order valence-corrected chi connectivity index (χ4v) is 6.57. The molecule has 3 heteroatoms. The predicted molar refractivity (Wildman–Crippen MR) is 77.4 cm³/mol. The molecule has 0 spiro atoms. The van der Waals surface area contributed by atoms with Crippen LogP contribution in [0.25, 0.3) is 0 Å². The van der Waals surface area contributed by atoms with Crippen LogP contribution in [-0.4, -0.2) is 15.6 Å². The van der Waals surface area contributed by atoms with Crippen molar-refractivity contribution in [1.29, 1.82) is 0 Å². The summed E-state index contributed by atoms with van der Waals surface area (Å²) in [5.74, 6) is 1.12. The monoisotopic (exact) mass is 272 g/mol. The smallest absolute Gasteiger partial charge is 0.187 e. The van der Waals surface area contributed by atoms with Gasteiger partial charge in [-0.1, -0.05) is 13.8 Å². The number of nitrogens with zero attached hydrogens (tertiary/aromatic N) is 2. The summed E-state index contributed by atoms with van der Waals surface area (Å²) in [5.41, 5.74) is 1.49. The molecule has 1 aromatic rings. The molecule has 2 atom stereocenters. The minimum atomic E-state index is -0.100. The molecule has 4 saturated carbocycles. The molecule has 1 aromatic heterocycles. The van der Waals surface area contributed by atoms with Crippen molar-refractivity contribution in [2.45, 2.75) is 52.4 Å². The van der Waals surface area contributed by atoms with Crippen molar-refractivity contribution in [3.8, 4) is 0 Å². The highest BCUT2D eigenvalue weighted by molar-refractivity contribution is 5.99. The number of aromatic nitrogens is 2. The van der Waals surface area contributed by atoms with E-state index >= 15 is 0 Å². The lowest BCUT2D eigenvalue weighted by molar-refractivity contribution is -0.125. The van der Waals surface area contributed by atoms with E-state index in [2.05, 4.69) is 18.9 Å². The maximum absolute atomic E-state index is 13.2. The van der Waals surface area contributed by atoms with Crippen molar-refractivity contribution in [3.63, 3.8) is 0 Å². The van der Waals surface area contributed by atoms with Gasteiger partial charge in [-0.2, -0.15) is 5.10 Å². The molecular weight excluding hydrogens is 248 g/mol. The summed E-state index contributed by atoms with van der Waals surface area (Å²) in [7, 11) is 1.89. The maximum Gasteiger partial charge on any atom is 0.187 e. The SMILES string of the molecule is Cn1nccc1C(=O)C12CC3CC(C)(CC(C)(C3)C1)C2. The summed E-state index contributed by atoms with van der Waals surface area (Å²) < 4.78 is 1.76. The Morgan fingerprint density at radius 1 is 1.20 bits per heavy atom. The van der Waals surface area contributed by atoms with E-state index in [0.29, 0.717) is 16.6 Å².